The third-order valence-corrected chi connectivity index (χ3v) is 10.9. The first kappa shape index (κ1) is 30.8. The van der Waals surface area contributed by atoms with E-state index in [9.17, 15) is 0 Å². The van der Waals surface area contributed by atoms with Crippen molar-refractivity contribution in [3.05, 3.63) is 200 Å². The van der Waals surface area contributed by atoms with Crippen molar-refractivity contribution in [3.8, 4) is 11.1 Å². The summed E-state index contributed by atoms with van der Waals surface area (Å²) in [7, 11) is 0. The van der Waals surface area contributed by atoms with Crippen molar-refractivity contribution in [2.45, 2.75) is 6.92 Å². The molecule has 1 aromatic heterocycles. The fourth-order valence-corrected chi connectivity index (χ4v) is 8.36. The normalized spacial score (nSPS) is 11.2. The van der Waals surface area contributed by atoms with Gasteiger partial charge in [-0.15, -0.1) is 11.3 Å². The molecule has 0 saturated carbocycles. The Kier molecular flexibility index (Phi) is 8.00. The number of fused-ring (bicyclic) bond motifs is 7. The van der Waals surface area contributed by atoms with Crippen molar-refractivity contribution in [2.24, 2.45) is 0 Å². The zero-order valence-corrected chi connectivity index (χ0v) is 29.1. The number of benzene rings is 9. The van der Waals surface area contributed by atoms with Crippen molar-refractivity contribution in [1.82, 2.24) is 0 Å². The van der Waals surface area contributed by atoms with Crippen molar-refractivity contribution < 1.29 is 0 Å². The largest absolute Gasteiger partial charge is 0.310 e. The van der Waals surface area contributed by atoms with Crippen molar-refractivity contribution in [3.63, 3.8) is 0 Å². The SMILES string of the molecule is Cc1ccccc1.c1ccc(N(c2ccc(-c3cc4cc5c(cc4c4ccccc34)sc3ccccc35)cc2)c2ccc3ccccc3c2)cc1. The van der Waals surface area contributed by atoms with Crippen molar-refractivity contribution in [1.29, 1.82) is 0 Å². The Bertz CT molecular complexity index is 2800. The summed E-state index contributed by atoms with van der Waals surface area (Å²) in [6.07, 6.45) is 0. The molecule has 1 nitrogen and oxygen atoms in total. The summed E-state index contributed by atoms with van der Waals surface area (Å²) >= 11 is 1.88. The van der Waals surface area contributed by atoms with E-state index in [1.54, 1.807) is 0 Å². The standard InChI is InChI=1S/C42H27NS.C7H8/c1-2-12-32(13-3-1)43(34-23-18-28-10-4-5-11-30(28)24-34)33-21-19-29(20-22-33)38-25-31-26-40-37-16-8-9-17-41(37)44-42(40)27-39(31)36-15-7-6-14-35(36)38;1-7-5-3-2-4-6-7/h1-27H;2-6H,1H3. The summed E-state index contributed by atoms with van der Waals surface area (Å²) in [4.78, 5) is 2.34. The second-order valence-corrected chi connectivity index (χ2v) is 14.1. The van der Waals surface area contributed by atoms with Crippen molar-refractivity contribution >= 4 is 80.9 Å². The molecule has 10 rings (SSSR count). The first-order valence-electron chi connectivity index (χ1n) is 17.4. The fourth-order valence-electron chi connectivity index (χ4n) is 7.23. The molecule has 0 aliphatic heterocycles. The van der Waals surface area contributed by atoms with Gasteiger partial charge in [-0.05, 0) is 111 Å². The molecule has 0 spiro atoms. The molecular formula is C49H35NS. The van der Waals surface area contributed by atoms with E-state index >= 15 is 0 Å². The molecule has 0 aliphatic rings. The fraction of sp³-hybridized carbons (Fsp3) is 0.0204. The van der Waals surface area contributed by atoms with Gasteiger partial charge in [-0.3, -0.25) is 0 Å². The van der Waals surface area contributed by atoms with Crippen LogP contribution in [0.3, 0.4) is 0 Å². The van der Waals surface area contributed by atoms with Gasteiger partial charge in [0.05, 0.1) is 0 Å². The van der Waals surface area contributed by atoms with Crippen molar-refractivity contribution in [2.75, 3.05) is 4.90 Å². The highest BCUT2D eigenvalue weighted by Gasteiger charge is 2.15. The van der Waals surface area contributed by atoms with Crippen LogP contribution in [0.4, 0.5) is 17.1 Å². The number of thiophene rings is 1. The number of hydrogen-bond acceptors (Lipinski definition) is 2. The number of rotatable bonds is 4. The van der Waals surface area contributed by atoms with Gasteiger partial charge in [-0.1, -0.05) is 139 Å². The average molecular weight is 670 g/mol. The molecular weight excluding hydrogens is 635 g/mol. The Hall–Kier alpha value is -6.22. The van der Waals surface area contributed by atoms with Gasteiger partial charge in [0.15, 0.2) is 0 Å². The van der Waals surface area contributed by atoms with Crippen LogP contribution < -0.4 is 4.90 Å². The molecule has 2 heteroatoms. The van der Waals surface area contributed by atoms with E-state index in [4.69, 9.17) is 0 Å². The van der Waals surface area contributed by atoms with Gasteiger partial charge >= 0.3 is 0 Å². The second kappa shape index (κ2) is 13.2. The van der Waals surface area contributed by atoms with Crippen LogP contribution in [0.2, 0.25) is 0 Å². The monoisotopic (exact) mass is 669 g/mol. The van der Waals surface area contributed by atoms with E-state index in [-0.39, 0.29) is 0 Å². The molecule has 9 aromatic carbocycles. The maximum Gasteiger partial charge on any atom is 0.0468 e. The van der Waals surface area contributed by atoms with Crippen LogP contribution in [0.15, 0.2) is 194 Å². The summed E-state index contributed by atoms with van der Waals surface area (Å²) in [5.41, 5.74) is 7.21. The van der Waals surface area contributed by atoms with Crippen LogP contribution in [0.5, 0.6) is 0 Å². The third-order valence-electron chi connectivity index (χ3n) is 9.74. The van der Waals surface area contributed by atoms with Gasteiger partial charge in [0, 0.05) is 37.2 Å². The minimum absolute atomic E-state index is 1.13. The van der Waals surface area contributed by atoms with Gasteiger partial charge in [-0.2, -0.15) is 0 Å². The Labute approximate surface area is 302 Å². The minimum Gasteiger partial charge on any atom is -0.310 e. The molecule has 0 unspecified atom stereocenters. The van der Waals surface area contributed by atoms with Gasteiger partial charge in [-0.25, -0.2) is 0 Å². The van der Waals surface area contributed by atoms with Crippen LogP contribution in [0.1, 0.15) is 5.56 Å². The van der Waals surface area contributed by atoms with E-state index in [1.165, 1.54) is 69.2 Å². The lowest BCUT2D eigenvalue weighted by molar-refractivity contribution is 1.29. The lowest BCUT2D eigenvalue weighted by Gasteiger charge is -2.26. The maximum absolute atomic E-state index is 2.39. The number of nitrogens with zero attached hydrogens (tertiary/aromatic N) is 1. The van der Waals surface area contributed by atoms with E-state index in [0.717, 1.165) is 17.1 Å². The molecule has 0 atom stereocenters. The van der Waals surface area contributed by atoms with E-state index < -0.39 is 0 Å². The number of anilines is 3. The smallest absolute Gasteiger partial charge is 0.0468 e. The molecule has 242 valence electrons. The van der Waals surface area contributed by atoms with Crippen LogP contribution >= 0.6 is 11.3 Å². The Balaban J connectivity index is 0.000000448. The maximum atomic E-state index is 2.39. The summed E-state index contributed by atoms with van der Waals surface area (Å²) in [6, 6.07) is 70.0. The first-order chi connectivity index (χ1) is 25.2. The lowest BCUT2D eigenvalue weighted by atomic mass is 9.92. The summed E-state index contributed by atoms with van der Waals surface area (Å²) in [6.45, 7) is 2.08. The van der Waals surface area contributed by atoms with Crippen LogP contribution in [0, 0.1) is 6.92 Å². The van der Waals surface area contributed by atoms with Crippen LogP contribution in [-0.4, -0.2) is 0 Å². The van der Waals surface area contributed by atoms with Gasteiger partial charge in [0.25, 0.3) is 0 Å². The predicted molar refractivity (Wildman–Crippen MR) is 223 cm³/mol. The van der Waals surface area contributed by atoms with E-state index in [2.05, 4.69) is 188 Å². The average Bonchev–Trinajstić information content (AvgIpc) is 3.56. The molecule has 0 saturated heterocycles. The number of aryl methyl sites for hydroxylation is 1. The van der Waals surface area contributed by atoms with Gasteiger partial charge in [0.1, 0.15) is 0 Å². The highest BCUT2D eigenvalue weighted by Crippen LogP contribution is 2.42. The van der Waals surface area contributed by atoms with E-state index in [0.29, 0.717) is 0 Å². The zero-order valence-electron chi connectivity index (χ0n) is 28.3. The Morgan fingerprint density at radius 2 is 0.961 bits per heavy atom. The summed E-state index contributed by atoms with van der Waals surface area (Å²) < 4.78 is 2.68. The molecule has 0 fully saturated rings. The number of para-hydroxylation sites is 1. The predicted octanol–water partition coefficient (Wildman–Crippen LogP) is 14.6. The summed E-state index contributed by atoms with van der Waals surface area (Å²) in [5, 5.41) is 10.3. The molecule has 0 bridgehead atoms. The lowest BCUT2D eigenvalue weighted by Crippen LogP contribution is -2.09. The molecule has 0 radical (unpaired) electrons. The van der Waals surface area contributed by atoms with Crippen LogP contribution in [-0.2, 0) is 0 Å². The molecule has 51 heavy (non-hydrogen) atoms. The quantitative estimate of drug-likeness (QED) is 0.169. The Morgan fingerprint density at radius 1 is 0.353 bits per heavy atom. The molecule has 0 N–H and O–H groups in total. The first-order valence-corrected chi connectivity index (χ1v) is 18.2. The zero-order chi connectivity index (χ0) is 34.1. The third kappa shape index (κ3) is 5.90. The Morgan fingerprint density at radius 3 is 1.71 bits per heavy atom. The molecule has 0 amide bonds. The molecule has 1 heterocycles. The molecule has 10 aromatic rings. The minimum atomic E-state index is 1.13. The van der Waals surface area contributed by atoms with Gasteiger partial charge in [0.2, 0.25) is 0 Å². The second-order valence-electron chi connectivity index (χ2n) is 13.0. The summed E-state index contributed by atoms with van der Waals surface area (Å²) in [5.74, 6) is 0. The highest BCUT2D eigenvalue weighted by molar-refractivity contribution is 7.25. The highest BCUT2D eigenvalue weighted by atomic mass is 32.1. The van der Waals surface area contributed by atoms with Gasteiger partial charge < -0.3 is 4.90 Å². The van der Waals surface area contributed by atoms with Crippen LogP contribution in [0.25, 0.3) is 63.6 Å². The molecule has 0 aliphatic carbocycles. The number of hydrogen-bond donors (Lipinski definition) is 0. The van der Waals surface area contributed by atoms with E-state index in [1.807, 2.05) is 29.5 Å². The topological polar surface area (TPSA) is 3.24 Å².